The second-order valence-corrected chi connectivity index (χ2v) is 5.11. The molecule has 2 nitrogen and oxygen atoms in total. The number of methoxy groups -OCH3 is 1. The molecule has 0 aromatic heterocycles. The van der Waals surface area contributed by atoms with Crippen LogP contribution in [0.2, 0.25) is 0 Å². The molecule has 1 atom stereocenters. The third-order valence-electron chi connectivity index (χ3n) is 3.09. The highest BCUT2D eigenvalue weighted by atomic mass is 79.9. The zero-order valence-corrected chi connectivity index (χ0v) is 12.7. The van der Waals surface area contributed by atoms with E-state index in [1.165, 1.54) is 13.2 Å². The van der Waals surface area contributed by atoms with Gasteiger partial charge in [-0.3, -0.25) is 0 Å². The summed E-state index contributed by atoms with van der Waals surface area (Å²) < 4.78 is 33.0. The van der Waals surface area contributed by atoms with Crippen LogP contribution in [-0.4, -0.2) is 14.2 Å². The molecule has 0 spiro atoms. The molecule has 0 aliphatic carbocycles. The molecule has 2 aromatic carbocycles. The number of benzene rings is 2. The third kappa shape index (κ3) is 2.83. The summed E-state index contributed by atoms with van der Waals surface area (Å²) in [6.07, 6.45) is 0. The molecule has 0 fully saturated rings. The van der Waals surface area contributed by atoms with Crippen molar-refractivity contribution >= 4 is 15.9 Å². The van der Waals surface area contributed by atoms with E-state index in [0.717, 1.165) is 5.56 Å². The van der Waals surface area contributed by atoms with Gasteiger partial charge in [-0.05, 0) is 46.7 Å². The monoisotopic (exact) mass is 341 g/mol. The Kier molecular flexibility index (Phi) is 4.73. The molecule has 0 aliphatic rings. The predicted octanol–water partition coefficient (Wildman–Crippen LogP) is 4.04. The summed E-state index contributed by atoms with van der Waals surface area (Å²) in [5.41, 5.74) is 1.21. The molecule has 1 N–H and O–H groups in total. The van der Waals surface area contributed by atoms with E-state index in [1.54, 1.807) is 37.4 Å². The predicted molar refractivity (Wildman–Crippen MR) is 78.0 cm³/mol. The van der Waals surface area contributed by atoms with E-state index >= 15 is 0 Å². The van der Waals surface area contributed by atoms with Crippen molar-refractivity contribution in [2.24, 2.45) is 0 Å². The summed E-state index contributed by atoms with van der Waals surface area (Å²) >= 11 is 3.14. The van der Waals surface area contributed by atoms with E-state index < -0.39 is 5.82 Å². The topological polar surface area (TPSA) is 21.3 Å². The van der Waals surface area contributed by atoms with Crippen LogP contribution in [0.1, 0.15) is 17.2 Å². The van der Waals surface area contributed by atoms with E-state index in [4.69, 9.17) is 4.74 Å². The largest absolute Gasteiger partial charge is 0.494 e. The van der Waals surface area contributed by atoms with Gasteiger partial charge in [-0.25, -0.2) is 8.78 Å². The van der Waals surface area contributed by atoms with Crippen LogP contribution in [0.3, 0.4) is 0 Å². The summed E-state index contributed by atoms with van der Waals surface area (Å²) in [5, 5.41) is 3.03. The smallest absolute Gasteiger partial charge is 0.170 e. The van der Waals surface area contributed by atoms with Gasteiger partial charge in [0, 0.05) is 5.56 Å². The lowest BCUT2D eigenvalue weighted by atomic mass is 9.98. The number of hydrogen-bond acceptors (Lipinski definition) is 2. The molecule has 106 valence electrons. The van der Waals surface area contributed by atoms with Gasteiger partial charge in [0.25, 0.3) is 0 Å². The van der Waals surface area contributed by atoms with Gasteiger partial charge in [0.05, 0.1) is 17.6 Å². The second kappa shape index (κ2) is 6.33. The molecule has 0 saturated carbocycles. The van der Waals surface area contributed by atoms with Crippen molar-refractivity contribution in [3.8, 4) is 5.75 Å². The summed E-state index contributed by atoms with van der Waals surface area (Å²) in [7, 11) is 3.14. The summed E-state index contributed by atoms with van der Waals surface area (Å²) in [4.78, 5) is 0. The van der Waals surface area contributed by atoms with Crippen molar-refractivity contribution in [3.05, 3.63) is 63.6 Å². The Hall–Kier alpha value is -1.46. The Bertz CT molecular complexity index is 619. The van der Waals surface area contributed by atoms with Crippen LogP contribution in [-0.2, 0) is 0 Å². The Morgan fingerprint density at radius 1 is 1.20 bits per heavy atom. The van der Waals surface area contributed by atoms with Gasteiger partial charge in [0.1, 0.15) is 5.82 Å². The third-order valence-corrected chi connectivity index (χ3v) is 3.70. The summed E-state index contributed by atoms with van der Waals surface area (Å²) in [6.45, 7) is 0. The van der Waals surface area contributed by atoms with Gasteiger partial charge in [0.2, 0.25) is 0 Å². The van der Waals surface area contributed by atoms with Crippen LogP contribution in [0.15, 0.2) is 40.9 Å². The maximum Gasteiger partial charge on any atom is 0.170 e. The van der Waals surface area contributed by atoms with Crippen molar-refractivity contribution in [3.63, 3.8) is 0 Å². The molecule has 0 heterocycles. The average Bonchev–Trinajstić information content (AvgIpc) is 2.45. The van der Waals surface area contributed by atoms with Crippen LogP contribution in [0.4, 0.5) is 8.78 Å². The van der Waals surface area contributed by atoms with Crippen molar-refractivity contribution in [2.75, 3.05) is 14.2 Å². The molecule has 2 rings (SSSR count). The standard InChI is InChI=1S/C15H14BrF2NO/c1-19-15(9-6-7-12(17)11(16)8-9)10-4-3-5-13(20-2)14(10)18/h3-8,15,19H,1-2H3. The number of hydrogen-bond donors (Lipinski definition) is 1. The van der Waals surface area contributed by atoms with Crippen LogP contribution in [0.25, 0.3) is 0 Å². The lowest BCUT2D eigenvalue weighted by molar-refractivity contribution is 0.382. The molecular formula is C15H14BrF2NO. The lowest BCUT2D eigenvalue weighted by Gasteiger charge is -2.19. The fourth-order valence-electron chi connectivity index (χ4n) is 2.10. The Morgan fingerprint density at radius 3 is 2.55 bits per heavy atom. The maximum absolute atomic E-state index is 14.3. The molecule has 0 bridgehead atoms. The number of nitrogens with one attached hydrogen (secondary N) is 1. The van der Waals surface area contributed by atoms with Gasteiger partial charge < -0.3 is 10.1 Å². The number of rotatable bonds is 4. The number of ether oxygens (including phenoxy) is 1. The van der Waals surface area contributed by atoms with Crippen molar-refractivity contribution in [2.45, 2.75) is 6.04 Å². The summed E-state index contributed by atoms with van der Waals surface area (Å²) in [6, 6.07) is 9.18. The first-order chi connectivity index (χ1) is 9.58. The Morgan fingerprint density at radius 2 is 1.95 bits per heavy atom. The minimum atomic E-state index is -0.421. The van der Waals surface area contributed by atoms with Gasteiger partial charge in [-0.2, -0.15) is 0 Å². The fraction of sp³-hybridized carbons (Fsp3) is 0.200. The Balaban J connectivity index is 2.49. The zero-order valence-electron chi connectivity index (χ0n) is 11.1. The number of halogens is 3. The normalized spacial score (nSPS) is 12.2. The van der Waals surface area contributed by atoms with Crippen molar-refractivity contribution < 1.29 is 13.5 Å². The first-order valence-corrected chi connectivity index (χ1v) is 6.82. The second-order valence-electron chi connectivity index (χ2n) is 4.26. The molecule has 5 heteroatoms. The maximum atomic E-state index is 14.3. The molecule has 0 aliphatic heterocycles. The molecule has 20 heavy (non-hydrogen) atoms. The molecule has 1 unspecified atom stereocenters. The zero-order chi connectivity index (χ0) is 14.7. The van der Waals surface area contributed by atoms with Crippen LogP contribution < -0.4 is 10.1 Å². The van der Waals surface area contributed by atoms with Gasteiger partial charge in [-0.1, -0.05) is 18.2 Å². The molecule has 0 radical (unpaired) electrons. The minimum Gasteiger partial charge on any atom is -0.494 e. The van der Waals surface area contributed by atoms with E-state index in [0.29, 0.717) is 10.0 Å². The van der Waals surface area contributed by atoms with Crippen molar-refractivity contribution in [1.82, 2.24) is 5.32 Å². The molecule has 0 amide bonds. The van der Waals surface area contributed by atoms with Crippen LogP contribution in [0, 0.1) is 11.6 Å². The van der Waals surface area contributed by atoms with Gasteiger partial charge >= 0.3 is 0 Å². The van der Waals surface area contributed by atoms with Crippen LogP contribution >= 0.6 is 15.9 Å². The van der Waals surface area contributed by atoms with E-state index in [2.05, 4.69) is 21.2 Å². The minimum absolute atomic E-state index is 0.184. The van der Waals surface area contributed by atoms with Crippen molar-refractivity contribution in [1.29, 1.82) is 0 Å². The highest BCUT2D eigenvalue weighted by Crippen LogP contribution is 2.30. The highest BCUT2D eigenvalue weighted by Gasteiger charge is 2.19. The van der Waals surface area contributed by atoms with Crippen LogP contribution in [0.5, 0.6) is 5.75 Å². The fourth-order valence-corrected chi connectivity index (χ4v) is 2.50. The highest BCUT2D eigenvalue weighted by molar-refractivity contribution is 9.10. The lowest BCUT2D eigenvalue weighted by Crippen LogP contribution is -2.19. The Labute approximate surface area is 124 Å². The van der Waals surface area contributed by atoms with E-state index in [1.807, 2.05) is 0 Å². The summed E-state index contributed by atoms with van der Waals surface area (Å²) in [5.74, 6) is -0.589. The molecule has 0 saturated heterocycles. The first-order valence-electron chi connectivity index (χ1n) is 6.03. The van der Waals surface area contributed by atoms with Gasteiger partial charge in [0.15, 0.2) is 11.6 Å². The molecular weight excluding hydrogens is 328 g/mol. The molecule has 2 aromatic rings. The van der Waals surface area contributed by atoms with E-state index in [-0.39, 0.29) is 17.6 Å². The SMILES string of the molecule is CNC(c1ccc(F)c(Br)c1)c1cccc(OC)c1F. The first kappa shape index (κ1) is 14.9. The average molecular weight is 342 g/mol. The van der Waals surface area contributed by atoms with Gasteiger partial charge in [-0.15, -0.1) is 0 Å². The van der Waals surface area contributed by atoms with E-state index in [9.17, 15) is 8.78 Å². The quantitative estimate of drug-likeness (QED) is 0.905.